The smallest absolute Gasteiger partial charge is 0.264 e. The van der Waals surface area contributed by atoms with Crippen molar-refractivity contribution in [2.75, 3.05) is 0 Å². The van der Waals surface area contributed by atoms with Gasteiger partial charge in [0.25, 0.3) is 0 Å². The van der Waals surface area contributed by atoms with Crippen molar-refractivity contribution < 1.29 is 12.7 Å². The molecule has 0 unspecified atom stereocenters. The molecule has 0 saturated carbocycles. The molecule has 120 valence electrons. The fourth-order valence-corrected chi connectivity index (χ4v) is 3.51. The lowest BCUT2D eigenvalue weighted by Crippen LogP contribution is -2.13. The van der Waals surface area contributed by atoms with Gasteiger partial charge in [-0.25, -0.2) is 0 Å². The number of fused-ring (bicyclic) bond motifs is 1. The normalized spacial score (nSPS) is 16.2. The van der Waals surface area contributed by atoms with Gasteiger partial charge in [0.1, 0.15) is 4.90 Å². The van der Waals surface area contributed by atoms with E-state index in [4.69, 9.17) is 15.9 Å². The van der Waals surface area contributed by atoms with Crippen molar-refractivity contribution in [2.45, 2.75) is 31.1 Å². The Balaban J connectivity index is 1.88. The Labute approximate surface area is 140 Å². The second kappa shape index (κ2) is 6.34. The van der Waals surface area contributed by atoms with Crippen molar-refractivity contribution in [3.8, 4) is 0 Å². The van der Waals surface area contributed by atoms with Crippen molar-refractivity contribution >= 4 is 27.4 Å². The Morgan fingerprint density at radius 2 is 1.83 bits per heavy atom. The van der Waals surface area contributed by atoms with E-state index in [-0.39, 0.29) is 4.90 Å². The molecule has 3 rings (SSSR count). The van der Waals surface area contributed by atoms with Crippen molar-refractivity contribution in [1.29, 1.82) is 0 Å². The van der Waals surface area contributed by atoms with Crippen molar-refractivity contribution in [3.05, 3.63) is 64.2 Å². The summed E-state index contributed by atoms with van der Waals surface area (Å²) in [6.45, 7) is 1.89. The van der Waals surface area contributed by atoms with E-state index in [0.29, 0.717) is 17.2 Å². The molecule has 2 aromatic rings. The van der Waals surface area contributed by atoms with Gasteiger partial charge in [-0.1, -0.05) is 40.5 Å². The van der Waals surface area contributed by atoms with Gasteiger partial charge in [-0.2, -0.15) is 8.42 Å². The minimum absolute atomic E-state index is 0.0968. The zero-order chi connectivity index (χ0) is 16.4. The van der Waals surface area contributed by atoms with E-state index in [1.54, 1.807) is 18.2 Å². The lowest BCUT2D eigenvalue weighted by molar-refractivity contribution is 0.337. The van der Waals surface area contributed by atoms with E-state index in [2.05, 4.69) is 5.16 Å². The third-order valence-electron chi connectivity index (χ3n) is 3.79. The predicted octanol–water partition coefficient (Wildman–Crippen LogP) is 4.09. The maximum Gasteiger partial charge on any atom is 0.358 e. The Hall–Kier alpha value is -1.85. The van der Waals surface area contributed by atoms with Crippen molar-refractivity contribution in [1.82, 2.24) is 0 Å². The van der Waals surface area contributed by atoms with Gasteiger partial charge in [0, 0.05) is 10.6 Å². The van der Waals surface area contributed by atoms with Gasteiger partial charge >= 0.3 is 10.1 Å². The SMILES string of the molecule is Cc1ccc(S(=O)(=O)ON=C2CCCc3cc(Cl)ccc32)cc1. The van der Waals surface area contributed by atoms with Crippen LogP contribution in [0.2, 0.25) is 5.02 Å². The van der Waals surface area contributed by atoms with Gasteiger partial charge < -0.3 is 0 Å². The molecule has 0 amide bonds. The van der Waals surface area contributed by atoms with Gasteiger partial charge in [0.2, 0.25) is 0 Å². The fraction of sp³-hybridized carbons (Fsp3) is 0.235. The lowest BCUT2D eigenvalue weighted by atomic mass is 9.90. The van der Waals surface area contributed by atoms with Crippen LogP contribution in [0.1, 0.15) is 29.5 Å². The zero-order valence-electron chi connectivity index (χ0n) is 12.6. The molecule has 0 fully saturated rings. The lowest BCUT2D eigenvalue weighted by Gasteiger charge is -2.17. The minimum atomic E-state index is -3.90. The molecular weight excluding hydrogens is 334 g/mol. The molecule has 23 heavy (non-hydrogen) atoms. The van der Waals surface area contributed by atoms with Gasteiger partial charge in [-0.05, 0) is 56.0 Å². The number of oxime groups is 1. The number of halogens is 1. The first kappa shape index (κ1) is 16.0. The Morgan fingerprint density at radius 3 is 2.57 bits per heavy atom. The summed E-state index contributed by atoms with van der Waals surface area (Å²) in [6.07, 6.45) is 2.47. The van der Waals surface area contributed by atoms with E-state index in [1.165, 1.54) is 12.1 Å². The molecule has 1 aliphatic carbocycles. The highest BCUT2D eigenvalue weighted by molar-refractivity contribution is 7.86. The van der Waals surface area contributed by atoms with E-state index in [1.807, 2.05) is 19.1 Å². The first-order chi connectivity index (χ1) is 11.0. The van der Waals surface area contributed by atoms with E-state index in [9.17, 15) is 8.42 Å². The van der Waals surface area contributed by atoms with E-state index < -0.39 is 10.1 Å². The monoisotopic (exact) mass is 349 g/mol. The van der Waals surface area contributed by atoms with Crippen LogP contribution >= 0.6 is 11.6 Å². The molecule has 0 heterocycles. The summed E-state index contributed by atoms with van der Waals surface area (Å²) in [7, 11) is -3.90. The molecule has 0 aliphatic heterocycles. The summed E-state index contributed by atoms with van der Waals surface area (Å²) >= 11 is 6.00. The third kappa shape index (κ3) is 3.57. The van der Waals surface area contributed by atoms with Crippen LogP contribution in [0.15, 0.2) is 52.5 Å². The average Bonchev–Trinajstić information content (AvgIpc) is 2.53. The number of aryl methyl sites for hydroxylation is 2. The third-order valence-corrected chi connectivity index (χ3v) is 5.15. The van der Waals surface area contributed by atoms with E-state index in [0.717, 1.165) is 29.5 Å². The van der Waals surface area contributed by atoms with Crippen LogP contribution in [0, 0.1) is 6.92 Å². The van der Waals surface area contributed by atoms with Gasteiger partial charge in [-0.3, -0.25) is 4.28 Å². The summed E-state index contributed by atoms with van der Waals surface area (Å²) in [5, 5.41) is 4.58. The van der Waals surface area contributed by atoms with Gasteiger partial charge in [0.05, 0.1) is 5.71 Å². The van der Waals surface area contributed by atoms with Crippen LogP contribution in [0.25, 0.3) is 0 Å². The van der Waals surface area contributed by atoms with Gasteiger partial charge in [-0.15, -0.1) is 0 Å². The molecular formula is C17H16ClNO3S. The topological polar surface area (TPSA) is 55.7 Å². The Kier molecular flexibility index (Phi) is 4.41. The highest BCUT2D eigenvalue weighted by Gasteiger charge is 2.19. The first-order valence-corrected chi connectivity index (χ1v) is 9.10. The largest absolute Gasteiger partial charge is 0.358 e. The number of hydrogen-bond donors (Lipinski definition) is 0. The fourth-order valence-electron chi connectivity index (χ4n) is 2.57. The first-order valence-electron chi connectivity index (χ1n) is 7.32. The molecule has 4 nitrogen and oxygen atoms in total. The average molecular weight is 350 g/mol. The molecule has 2 aromatic carbocycles. The summed E-state index contributed by atoms with van der Waals surface area (Å²) in [5.74, 6) is 0. The van der Waals surface area contributed by atoms with Crippen LogP contribution in [-0.2, 0) is 20.8 Å². The zero-order valence-corrected chi connectivity index (χ0v) is 14.2. The van der Waals surface area contributed by atoms with Crippen molar-refractivity contribution in [3.63, 3.8) is 0 Å². The predicted molar refractivity (Wildman–Crippen MR) is 90.4 cm³/mol. The number of benzene rings is 2. The highest BCUT2D eigenvalue weighted by Crippen LogP contribution is 2.25. The van der Waals surface area contributed by atoms with Crippen LogP contribution in [0.5, 0.6) is 0 Å². The number of nitrogens with zero attached hydrogens (tertiary/aromatic N) is 1. The summed E-state index contributed by atoms with van der Waals surface area (Å²) in [5.41, 5.74) is 3.59. The molecule has 0 saturated heterocycles. The molecule has 0 aromatic heterocycles. The van der Waals surface area contributed by atoms with Crippen LogP contribution < -0.4 is 0 Å². The molecule has 0 spiro atoms. The quantitative estimate of drug-likeness (QED) is 0.784. The van der Waals surface area contributed by atoms with Crippen LogP contribution in [0.4, 0.5) is 0 Å². The van der Waals surface area contributed by atoms with E-state index >= 15 is 0 Å². The van der Waals surface area contributed by atoms with Crippen LogP contribution in [0.3, 0.4) is 0 Å². The highest BCUT2D eigenvalue weighted by atomic mass is 35.5. The minimum Gasteiger partial charge on any atom is -0.264 e. The number of rotatable bonds is 3. The van der Waals surface area contributed by atoms with Crippen molar-refractivity contribution in [2.24, 2.45) is 5.16 Å². The molecule has 1 aliphatic rings. The Bertz CT molecular complexity index is 858. The Morgan fingerprint density at radius 1 is 1.09 bits per heavy atom. The maximum absolute atomic E-state index is 12.2. The van der Waals surface area contributed by atoms with Gasteiger partial charge in [0.15, 0.2) is 0 Å². The molecule has 0 N–H and O–H groups in total. The maximum atomic E-state index is 12.2. The summed E-state index contributed by atoms with van der Waals surface area (Å²) in [4.78, 5) is 0.0968. The molecule has 0 bridgehead atoms. The standard InChI is InChI=1S/C17H16ClNO3S/c1-12-5-8-15(9-6-12)23(20,21)22-19-17-4-2-3-13-11-14(18)7-10-16(13)17/h5-11H,2-4H2,1H3. The summed E-state index contributed by atoms with van der Waals surface area (Å²) in [6, 6.07) is 12.0. The second-order valence-corrected chi connectivity index (χ2v) is 7.50. The number of hydrogen-bond acceptors (Lipinski definition) is 4. The molecule has 6 heteroatoms. The summed E-state index contributed by atoms with van der Waals surface area (Å²) < 4.78 is 29.3. The molecule has 0 atom stereocenters. The molecule has 0 radical (unpaired) electrons. The van der Waals surface area contributed by atoms with Crippen LogP contribution in [-0.4, -0.2) is 14.1 Å². The second-order valence-electron chi connectivity index (χ2n) is 5.53.